The van der Waals surface area contributed by atoms with E-state index < -0.39 is 0 Å². The summed E-state index contributed by atoms with van der Waals surface area (Å²) in [6.07, 6.45) is 9.34. The summed E-state index contributed by atoms with van der Waals surface area (Å²) in [5.41, 5.74) is 2.41. The van der Waals surface area contributed by atoms with Gasteiger partial charge in [0.25, 0.3) is 0 Å². The summed E-state index contributed by atoms with van der Waals surface area (Å²) in [5, 5.41) is 0. The highest BCUT2D eigenvalue weighted by atomic mass is 16.1. The van der Waals surface area contributed by atoms with Gasteiger partial charge in [-0.1, -0.05) is 32.4 Å². The third-order valence-corrected chi connectivity index (χ3v) is 8.06. The highest BCUT2D eigenvalue weighted by Crippen LogP contribution is 2.89. The van der Waals surface area contributed by atoms with Gasteiger partial charge in [0.1, 0.15) is 5.78 Å². The average Bonchev–Trinajstić information content (AvgIpc) is 2.86. The van der Waals surface area contributed by atoms with Gasteiger partial charge >= 0.3 is 0 Å². The van der Waals surface area contributed by atoms with Crippen LogP contribution in [0.5, 0.6) is 0 Å². The van der Waals surface area contributed by atoms with Gasteiger partial charge in [-0.15, -0.1) is 0 Å². The zero-order chi connectivity index (χ0) is 14.3. The number of hydrogen-bond donors (Lipinski definition) is 0. The third-order valence-electron chi connectivity index (χ3n) is 8.06. The first-order valence-electron chi connectivity index (χ1n) is 8.59. The molecule has 0 amide bonds. The van der Waals surface area contributed by atoms with Crippen molar-refractivity contribution in [3.05, 3.63) is 11.6 Å². The molecule has 0 N–H and O–H groups in total. The molecule has 2 spiro atoms. The van der Waals surface area contributed by atoms with E-state index >= 15 is 0 Å². The molecule has 3 fully saturated rings. The lowest BCUT2D eigenvalue weighted by atomic mass is 9.58. The molecular weight excluding hydrogens is 244 g/mol. The van der Waals surface area contributed by atoms with Gasteiger partial charge in [0, 0.05) is 11.8 Å². The fourth-order valence-corrected chi connectivity index (χ4v) is 7.36. The average molecular weight is 272 g/mol. The zero-order valence-electron chi connectivity index (χ0n) is 13.5. The molecule has 110 valence electrons. The molecule has 0 aliphatic heterocycles. The quantitative estimate of drug-likeness (QED) is 0.629. The molecule has 0 heterocycles. The monoisotopic (exact) mass is 272 g/mol. The smallest absolute Gasteiger partial charge is 0.140 e. The molecule has 20 heavy (non-hydrogen) atoms. The van der Waals surface area contributed by atoms with Gasteiger partial charge in [-0.25, -0.2) is 0 Å². The van der Waals surface area contributed by atoms with Crippen LogP contribution in [0.15, 0.2) is 11.6 Å². The summed E-state index contributed by atoms with van der Waals surface area (Å²) < 4.78 is 0. The molecule has 0 radical (unpaired) electrons. The summed E-state index contributed by atoms with van der Waals surface area (Å²) >= 11 is 0. The van der Waals surface area contributed by atoms with Gasteiger partial charge in [-0.3, -0.25) is 4.79 Å². The normalized spacial score (nSPS) is 53.2. The van der Waals surface area contributed by atoms with Crippen molar-refractivity contribution in [3.63, 3.8) is 0 Å². The van der Waals surface area contributed by atoms with Crippen molar-refractivity contribution < 1.29 is 4.79 Å². The molecule has 4 rings (SSSR count). The topological polar surface area (TPSA) is 17.1 Å². The van der Waals surface area contributed by atoms with Crippen molar-refractivity contribution in [2.24, 2.45) is 34.0 Å². The van der Waals surface area contributed by atoms with Crippen LogP contribution < -0.4 is 0 Å². The molecule has 1 nitrogen and oxygen atoms in total. The van der Waals surface area contributed by atoms with Gasteiger partial charge in [0.2, 0.25) is 0 Å². The highest BCUT2D eigenvalue weighted by Gasteiger charge is 2.87. The van der Waals surface area contributed by atoms with E-state index in [1.807, 2.05) is 0 Å². The SMILES string of the molecule is CC1=CC[C@@]23C(=O)CC[C@@]4(C)[C@H](C(C)C)CC[C@]42[C@H]3C1. The Morgan fingerprint density at radius 2 is 2.05 bits per heavy atom. The van der Waals surface area contributed by atoms with Crippen molar-refractivity contribution in [1.82, 2.24) is 0 Å². The minimum Gasteiger partial charge on any atom is -0.299 e. The first kappa shape index (κ1) is 13.1. The van der Waals surface area contributed by atoms with Crippen LogP contribution in [0.1, 0.15) is 66.2 Å². The summed E-state index contributed by atoms with van der Waals surface area (Å²) in [6.45, 7) is 9.61. The fraction of sp³-hybridized carbons (Fsp3) is 0.842. The van der Waals surface area contributed by atoms with Crippen LogP contribution in [0.25, 0.3) is 0 Å². The van der Waals surface area contributed by atoms with E-state index in [4.69, 9.17) is 0 Å². The second-order valence-electron chi connectivity index (χ2n) is 8.68. The van der Waals surface area contributed by atoms with Crippen molar-refractivity contribution >= 4 is 5.78 Å². The maximum absolute atomic E-state index is 12.8. The Morgan fingerprint density at radius 3 is 2.75 bits per heavy atom. The van der Waals surface area contributed by atoms with Crippen LogP contribution in [0.4, 0.5) is 0 Å². The maximum atomic E-state index is 12.8. The number of carbonyl (C=O) groups excluding carboxylic acids is 1. The number of allylic oxidation sites excluding steroid dienone is 2. The van der Waals surface area contributed by atoms with Crippen LogP contribution in [0.3, 0.4) is 0 Å². The molecule has 5 atom stereocenters. The highest BCUT2D eigenvalue weighted by molar-refractivity contribution is 5.92. The molecule has 0 saturated heterocycles. The molecule has 0 unspecified atom stereocenters. The van der Waals surface area contributed by atoms with Crippen molar-refractivity contribution in [2.45, 2.75) is 66.2 Å². The first-order valence-corrected chi connectivity index (χ1v) is 8.59. The Bertz CT molecular complexity index is 516. The van der Waals surface area contributed by atoms with Gasteiger partial charge < -0.3 is 0 Å². The Labute approximate surface area is 123 Å². The molecular formula is C19H28O. The van der Waals surface area contributed by atoms with E-state index in [1.165, 1.54) is 24.8 Å². The van der Waals surface area contributed by atoms with E-state index in [9.17, 15) is 4.79 Å². The first-order chi connectivity index (χ1) is 9.40. The van der Waals surface area contributed by atoms with E-state index in [1.54, 1.807) is 0 Å². The van der Waals surface area contributed by atoms with Crippen LogP contribution in [-0.2, 0) is 4.79 Å². The molecule has 0 bridgehead atoms. The summed E-state index contributed by atoms with van der Waals surface area (Å²) in [6, 6.07) is 0. The van der Waals surface area contributed by atoms with Crippen LogP contribution >= 0.6 is 0 Å². The standard InChI is InChI=1S/C19H28O/c1-12(2)14-6-10-19-15-11-13(3)5-9-18(15,19)16(20)7-8-17(14,19)4/h5,12,14-15H,6-11H2,1-4H3/t14-,15-,17-,18+,19-/m0/s1. The molecule has 0 aromatic carbocycles. The van der Waals surface area contributed by atoms with Crippen molar-refractivity contribution in [3.8, 4) is 0 Å². The van der Waals surface area contributed by atoms with Crippen molar-refractivity contribution in [2.75, 3.05) is 0 Å². The second kappa shape index (κ2) is 3.59. The second-order valence-corrected chi connectivity index (χ2v) is 8.68. The molecule has 0 aromatic heterocycles. The van der Waals surface area contributed by atoms with Gasteiger partial charge in [-0.05, 0) is 67.6 Å². The predicted molar refractivity (Wildman–Crippen MR) is 81.3 cm³/mol. The number of rotatable bonds is 1. The fourth-order valence-electron chi connectivity index (χ4n) is 7.36. The van der Waals surface area contributed by atoms with Crippen LogP contribution in [0.2, 0.25) is 0 Å². The molecule has 3 saturated carbocycles. The summed E-state index contributed by atoms with van der Waals surface area (Å²) in [5.74, 6) is 2.90. The van der Waals surface area contributed by atoms with E-state index in [2.05, 4.69) is 33.8 Å². The lowest BCUT2D eigenvalue weighted by Gasteiger charge is -2.45. The van der Waals surface area contributed by atoms with E-state index in [0.29, 0.717) is 22.5 Å². The lowest BCUT2D eigenvalue weighted by Crippen LogP contribution is -2.42. The Kier molecular flexibility index (Phi) is 2.35. The van der Waals surface area contributed by atoms with Gasteiger partial charge in [0.15, 0.2) is 0 Å². The zero-order valence-corrected chi connectivity index (χ0v) is 13.5. The molecule has 1 heteroatoms. The minimum absolute atomic E-state index is 0.0726. The van der Waals surface area contributed by atoms with E-state index in [-0.39, 0.29) is 5.41 Å². The molecule has 4 aliphatic carbocycles. The molecule has 4 aliphatic rings. The largest absolute Gasteiger partial charge is 0.299 e. The summed E-state index contributed by atoms with van der Waals surface area (Å²) in [4.78, 5) is 12.8. The van der Waals surface area contributed by atoms with Gasteiger partial charge in [0.05, 0.1) is 0 Å². The Hall–Kier alpha value is -0.590. The maximum Gasteiger partial charge on any atom is 0.140 e. The predicted octanol–water partition coefficient (Wildman–Crippen LogP) is 4.76. The van der Waals surface area contributed by atoms with E-state index in [0.717, 1.165) is 31.1 Å². The third kappa shape index (κ3) is 1.10. The van der Waals surface area contributed by atoms with Crippen molar-refractivity contribution in [1.29, 1.82) is 0 Å². The Balaban J connectivity index is 1.83. The number of Topliss-reactive ketones (excluding diaryl/α,β-unsaturated/α-hetero) is 1. The number of hydrogen-bond acceptors (Lipinski definition) is 1. The minimum atomic E-state index is 0.0726. The van der Waals surface area contributed by atoms with Gasteiger partial charge in [-0.2, -0.15) is 0 Å². The number of ketones is 1. The van der Waals surface area contributed by atoms with Crippen LogP contribution in [-0.4, -0.2) is 5.78 Å². The van der Waals surface area contributed by atoms with Crippen LogP contribution in [0, 0.1) is 34.0 Å². The number of carbonyl (C=O) groups is 1. The summed E-state index contributed by atoms with van der Waals surface area (Å²) in [7, 11) is 0. The molecule has 0 aromatic rings. The Morgan fingerprint density at radius 1 is 1.30 bits per heavy atom. The lowest BCUT2D eigenvalue weighted by molar-refractivity contribution is -0.132.